The zero-order valence-electron chi connectivity index (χ0n) is 23.9. The van der Waals surface area contributed by atoms with Crippen molar-refractivity contribution in [3.8, 4) is 23.0 Å². The first-order chi connectivity index (χ1) is 20.8. The Morgan fingerprint density at radius 1 is 1.09 bits per heavy atom. The van der Waals surface area contributed by atoms with E-state index in [1.54, 1.807) is 56.3 Å². The number of anilines is 1. The third kappa shape index (κ3) is 5.65. The fourth-order valence-corrected chi connectivity index (χ4v) is 5.78. The second kappa shape index (κ2) is 12.6. The summed E-state index contributed by atoms with van der Waals surface area (Å²) < 4.78 is 28.0. The third-order valence-electron chi connectivity index (χ3n) is 6.65. The molecule has 1 N–H and O–H groups in total. The molecule has 0 bridgehead atoms. The Balaban J connectivity index is 1.69. The first kappa shape index (κ1) is 29.6. The van der Waals surface area contributed by atoms with E-state index in [4.69, 9.17) is 23.7 Å². The Hall–Kier alpha value is -4.84. The Morgan fingerprint density at radius 2 is 1.86 bits per heavy atom. The van der Waals surface area contributed by atoms with Crippen LogP contribution in [0.1, 0.15) is 46.4 Å². The molecule has 224 valence electrons. The lowest BCUT2D eigenvalue weighted by molar-refractivity contribution is -0.132. The molecule has 43 heavy (non-hydrogen) atoms. The van der Waals surface area contributed by atoms with E-state index in [9.17, 15) is 19.5 Å². The summed E-state index contributed by atoms with van der Waals surface area (Å²) in [6.07, 6.45) is 1.60. The first-order valence-corrected chi connectivity index (χ1v) is 14.5. The number of hydrogen-bond acceptors (Lipinski definition) is 11. The minimum Gasteiger partial charge on any atom is -0.507 e. The van der Waals surface area contributed by atoms with E-state index in [2.05, 4.69) is 11.6 Å². The third-order valence-corrected chi connectivity index (χ3v) is 7.79. The maximum absolute atomic E-state index is 13.7. The topological polar surface area (TPSA) is 134 Å². The molecule has 1 saturated heterocycles. The van der Waals surface area contributed by atoms with Gasteiger partial charge in [-0.25, -0.2) is 9.78 Å². The molecule has 1 amide bonds. The number of benzene rings is 2. The van der Waals surface area contributed by atoms with Crippen molar-refractivity contribution >= 4 is 39.9 Å². The molecule has 0 radical (unpaired) electrons. The van der Waals surface area contributed by atoms with Crippen molar-refractivity contribution in [3.05, 3.63) is 76.3 Å². The molecule has 0 aliphatic carbocycles. The standard InChI is InChI=1S/C31H30N2O9S/c1-5-12-40-20-10-8-18(15-22(20)38-6-2)25-24(26(34)19-9-11-21-23(16-19)42-14-13-41-21)27(35)29(36)33(25)31-32-17(4)28(43-31)30(37)39-7-3/h5,8-11,15-16,25,34H,1,6-7,12-14H2,2-4H3. The lowest BCUT2D eigenvalue weighted by Crippen LogP contribution is -2.29. The van der Waals surface area contributed by atoms with Gasteiger partial charge in [0.1, 0.15) is 30.5 Å². The molecule has 5 rings (SSSR count). The highest BCUT2D eigenvalue weighted by molar-refractivity contribution is 7.17. The van der Waals surface area contributed by atoms with Gasteiger partial charge in [0.15, 0.2) is 28.1 Å². The number of ketones is 1. The van der Waals surface area contributed by atoms with Gasteiger partial charge in [-0.3, -0.25) is 14.5 Å². The number of Topliss-reactive ketones (excluding diaryl/α,β-unsaturated/α-hetero) is 1. The van der Waals surface area contributed by atoms with Crippen molar-refractivity contribution in [3.63, 3.8) is 0 Å². The molecule has 2 aliphatic rings. The molecule has 12 heteroatoms. The summed E-state index contributed by atoms with van der Waals surface area (Å²) in [6, 6.07) is 8.62. The molecule has 11 nitrogen and oxygen atoms in total. The average molecular weight is 607 g/mol. The number of aryl methyl sites for hydroxylation is 1. The number of esters is 1. The summed E-state index contributed by atoms with van der Waals surface area (Å²) in [7, 11) is 0. The van der Waals surface area contributed by atoms with E-state index >= 15 is 0 Å². The molecule has 3 heterocycles. The normalized spacial score (nSPS) is 17.1. The van der Waals surface area contributed by atoms with Crippen LogP contribution in [0.25, 0.3) is 5.76 Å². The molecule has 1 atom stereocenters. The number of fused-ring (bicyclic) bond motifs is 1. The number of amides is 1. The second-order valence-electron chi connectivity index (χ2n) is 9.40. The highest BCUT2D eigenvalue weighted by Gasteiger charge is 2.48. The molecule has 2 aromatic carbocycles. The van der Waals surface area contributed by atoms with Crippen LogP contribution in [0.4, 0.5) is 5.13 Å². The summed E-state index contributed by atoms with van der Waals surface area (Å²) in [6.45, 7) is 10.2. The SMILES string of the molecule is C=CCOc1ccc(C2C(=C(O)c3ccc4c(c3)OCCO4)C(=O)C(=O)N2c2nc(C)c(C(=O)OCC)s2)cc1OCC. The molecule has 1 unspecified atom stereocenters. The monoisotopic (exact) mass is 606 g/mol. The minimum atomic E-state index is -1.12. The van der Waals surface area contributed by atoms with Crippen LogP contribution in [0.5, 0.6) is 23.0 Å². The number of carbonyl (C=O) groups excluding carboxylic acids is 3. The fourth-order valence-electron chi connectivity index (χ4n) is 4.79. The number of aromatic nitrogens is 1. The lowest BCUT2D eigenvalue weighted by Gasteiger charge is -2.24. The number of rotatable bonds is 10. The van der Waals surface area contributed by atoms with Crippen molar-refractivity contribution in [2.45, 2.75) is 26.8 Å². The predicted molar refractivity (Wildman–Crippen MR) is 158 cm³/mol. The van der Waals surface area contributed by atoms with Crippen molar-refractivity contribution in [1.82, 2.24) is 4.98 Å². The molecule has 3 aromatic rings. The molecule has 2 aliphatic heterocycles. The van der Waals surface area contributed by atoms with Crippen LogP contribution in [-0.2, 0) is 14.3 Å². The van der Waals surface area contributed by atoms with Crippen LogP contribution in [0.2, 0.25) is 0 Å². The number of nitrogens with zero attached hydrogens (tertiary/aromatic N) is 2. The van der Waals surface area contributed by atoms with Crippen LogP contribution in [0.15, 0.2) is 54.6 Å². The van der Waals surface area contributed by atoms with Gasteiger partial charge < -0.3 is 28.8 Å². The van der Waals surface area contributed by atoms with Crippen molar-refractivity contribution in [1.29, 1.82) is 0 Å². The molecular formula is C31H30N2O9S. The second-order valence-corrected chi connectivity index (χ2v) is 10.4. The summed E-state index contributed by atoms with van der Waals surface area (Å²) in [5.41, 5.74) is 0.868. The van der Waals surface area contributed by atoms with Gasteiger partial charge in [-0.15, -0.1) is 0 Å². The van der Waals surface area contributed by atoms with Crippen molar-refractivity contribution < 1.29 is 43.2 Å². The van der Waals surface area contributed by atoms with Gasteiger partial charge in [0, 0.05) is 5.56 Å². The highest BCUT2D eigenvalue weighted by Crippen LogP contribution is 2.46. The number of hydrogen-bond donors (Lipinski definition) is 1. The summed E-state index contributed by atoms with van der Waals surface area (Å²) >= 11 is 0.925. The summed E-state index contributed by atoms with van der Waals surface area (Å²) in [4.78, 5) is 45.8. The molecular weight excluding hydrogens is 576 g/mol. The van der Waals surface area contributed by atoms with Gasteiger partial charge >= 0.3 is 11.9 Å². The summed E-state index contributed by atoms with van der Waals surface area (Å²) in [5, 5.41) is 11.7. The van der Waals surface area contributed by atoms with Crippen LogP contribution in [0, 0.1) is 6.92 Å². The van der Waals surface area contributed by atoms with Gasteiger partial charge in [-0.1, -0.05) is 30.1 Å². The van der Waals surface area contributed by atoms with E-state index in [0.29, 0.717) is 54.1 Å². The van der Waals surface area contributed by atoms with Gasteiger partial charge in [0.2, 0.25) is 0 Å². The Morgan fingerprint density at radius 3 is 2.58 bits per heavy atom. The molecule has 0 saturated carbocycles. The van der Waals surface area contributed by atoms with Crippen LogP contribution in [0.3, 0.4) is 0 Å². The quantitative estimate of drug-likeness (QED) is 0.111. The van der Waals surface area contributed by atoms with Gasteiger partial charge in [-0.2, -0.15) is 0 Å². The number of ether oxygens (including phenoxy) is 5. The van der Waals surface area contributed by atoms with E-state index in [-0.39, 0.29) is 34.4 Å². The van der Waals surface area contributed by atoms with Crippen molar-refractivity contribution in [2.75, 3.05) is 37.9 Å². The zero-order valence-corrected chi connectivity index (χ0v) is 24.7. The largest absolute Gasteiger partial charge is 0.507 e. The Kier molecular flexibility index (Phi) is 8.67. The summed E-state index contributed by atoms with van der Waals surface area (Å²) in [5.74, 6) is -1.13. The van der Waals surface area contributed by atoms with Crippen LogP contribution in [-0.4, -0.2) is 60.8 Å². The van der Waals surface area contributed by atoms with Gasteiger partial charge in [-0.05, 0) is 56.7 Å². The average Bonchev–Trinajstić information content (AvgIpc) is 3.52. The minimum absolute atomic E-state index is 0.0961. The highest BCUT2D eigenvalue weighted by atomic mass is 32.1. The number of aliphatic hydroxyl groups is 1. The number of aliphatic hydroxyl groups excluding tert-OH is 1. The van der Waals surface area contributed by atoms with Crippen LogP contribution >= 0.6 is 11.3 Å². The van der Waals surface area contributed by atoms with Gasteiger partial charge in [0.05, 0.1) is 30.5 Å². The maximum Gasteiger partial charge on any atom is 0.350 e. The smallest absolute Gasteiger partial charge is 0.350 e. The molecule has 1 fully saturated rings. The van der Waals surface area contributed by atoms with Crippen molar-refractivity contribution in [2.24, 2.45) is 0 Å². The fraction of sp³-hybridized carbons (Fsp3) is 0.290. The lowest BCUT2D eigenvalue weighted by atomic mass is 9.95. The van der Waals surface area contributed by atoms with E-state index in [1.807, 2.05) is 6.92 Å². The number of carbonyl (C=O) groups is 3. The van der Waals surface area contributed by atoms with E-state index in [1.165, 1.54) is 4.90 Å². The predicted octanol–water partition coefficient (Wildman–Crippen LogP) is 4.99. The maximum atomic E-state index is 13.7. The zero-order chi connectivity index (χ0) is 30.7. The molecule has 1 aromatic heterocycles. The number of thiazole rings is 1. The van der Waals surface area contributed by atoms with Crippen LogP contribution < -0.4 is 23.8 Å². The van der Waals surface area contributed by atoms with Gasteiger partial charge in [0.25, 0.3) is 5.78 Å². The Labute approximate surface area is 251 Å². The van der Waals surface area contributed by atoms with E-state index < -0.39 is 29.5 Å². The Bertz CT molecular complexity index is 1630. The first-order valence-electron chi connectivity index (χ1n) is 13.6. The molecule has 0 spiro atoms. The van der Waals surface area contributed by atoms with E-state index in [0.717, 1.165) is 11.3 Å².